The number of nitrogens with two attached hydrogens (primary N) is 1. The molecule has 0 amide bonds. The number of hydrogen-bond donors (Lipinski definition) is 1. The summed E-state index contributed by atoms with van der Waals surface area (Å²) >= 11 is 1.76. The third-order valence-corrected chi connectivity index (χ3v) is 4.19. The fourth-order valence-corrected chi connectivity index (χ4v) is 2.83. The molecule has 0 radical (unpaired) electrons. The molecule has 18 heavy (non-hydrogen) atoms. The molecule has 0 bridgehead atoms. The van der Waals surface area contributed by atoms with Crippen LogP contribution in [0.15, 0.2) is 35.0 Å². The van der Waals surface area contributed by atoms with Crippen LogP contribution < -0.4 is 5.73 Å². The average molecular weight is 259 g/mol. The van der Waals surface area contributed by atoms with Crippen molar-refractivity contribution in [1.29, 1.82) is 0 Å². The molecule has 1 nitrogen and oxygen atoms in total. The van der Waals surface area contributed by atoms with E-state index in [0.717, 1.165) is 19.3 Å². The van der Waals surface area contributed by atoms with E-state index in [1.165, 1.54) is 22.3 Å². The number of benzene rings is 1. The van der Waals surface area contributed by atoms with Gasteiger partial charge in [0.2, 0.25) is 0 Å². The lowest BCUT2D eigenvalue weighted by molar-refractivity contribution is 0.611. The van der Waals surface area contributed by atoms with Gasteiger partial charge in [0, 0.05) is 6.04 Å². The highest BCUT2D eigenvalue weighted by molar-refractivity contribution is 7.07. The van der Waals surface area contributed by atoms with Gasteiger partial charge in [0.1, 0.15) is 0 Å². The van der Waals surface area contributed by atoms with Crippen LogP contribution in [0.1, 0.15) is 28.7 Å². The zero-order chi connectivity index (χ0) is 13.0. The molecule has 2 aromatic rings. The van der Waals surface area contributed by atoms with E-state index in [2.05, 4.69) is 48.9 Å². The predicted molar refractivity (Wildman–Crippen MR) is 80.2 cm³/mol. The Morgan fingerprint density at radius 2 is 1.94 bits per heavy atom. The smallest absolute Gasteiger partial charge is 0.00824 e. The lowest BCUT2D eigenvalue weighted by atomic mass is 9.98. The molecule has 1 unspecified atom stereocenters. The lowest BCUT2D eigenvalue weighted by Crippen LogP contribution is -2.23. The third kappa shape index (κ3) is 3.69. The summed E-state index contributed by atoms with van der Waals surface area (Å²) in [4.78, 5) is 0. The topological polar surface area (TPSA) is 26.0 Å². The van der Waals surface area contributed by atoms with Crippen molar-refractivity contribution in [3.8, 4) is 0 Å². The van der Waals surface area contributed by atoms with Crippen LogP contribution in [0.25, 0.3) is 0 Å². The Morgan fingerprint density at radius 1 is 1.11 bits per heavy atom. The number of rotatable bonds is 5. The van der Waals surface area contributed by atoms with E-state index in [9.17, 15) is 0 Å². The minimum absolute atomic E-state index is 0.256. The van der Waals surface area contributed by atoms with Crippen molar-refractivity contribution in [3.05, 3.63) is 57.3 Å². The molecular formula is C16H21NS. The maximum Gasteiger partial charge on any atom is 0.00824 e. The maximum atomic E-state index is 6.21. The molecule has 0 saturated carbocycles. The highest BCUT2D eigenvalue weighted by Gasteiger charge is 2.06. The van der Waals surface area contributed by atoms with Crippen LogP contribution in [0, 0.1) is 13.8 Å². The van der Waals surface area contributed by atoms with Gasteiger partial charge >= 0.3 is 0 Å². The Kier molecular flexibility index (Phi) is 4.56. The summed E-state index contributed by atoms with van der Waals surface area (Å²) in [5.74, 6) is 0. The molecule has 0 fully saturated rings. The van der Waals surface area contributed by atoms with Gasteiger partial charge in [-0.2, -0.15) is 11.3 Å². The molecule has 2 N–H and O–H groups in total. The predicted octanol–water partition coefficient (Wildman–Crippen LogP) is 3.87. The van der Waals surface area contributed by atoms with Crippen LogP contribution >= 0.6 is 11.3 Å². The largest absolute Gasteiger partial charge is 0.327 e. The summed E-state index contributed by atoms with van der Waals surface area (Å²) in [6.45, 7) is 4.31. The van der Waals surface area contributed by atoms with Crippen molar-refractivity contribution < 1.29 is 0 Å². The normalized spacial score (nSPS) is 12.6. The second-order valence-electron chi connectivity index (χ2n) is 5.05. The maximum absolute atomic E-state index is 6.21. The average Bonchev–Trinajstić information content (AvgIpc) is 2.84. The van der Waals surface area contributed by atoms with Gasteiger partial charge in [-0.25, -0.2) is 0 Å². The highest BCUT2D eigenvalue weighted by Crippen LogP contribution is 2.14. The zero-order valence-corrected chi connectivity index (χ0v) is 12.0. The van der Waals surface area contributed by atoms with E-state index in [4.69, 9.17) is 5.73 Å². The molecule has 0 spiro atoms. The summed E-state index contributed by atoms with van der Waals surface area (Å²) < 4.78 is 0. The summed E-state index contributed by atoms with van der Waals surface area (Å²) in [6, 6.07) is 9.10. The minimum Gasteiger partial charge on any atom is -0.327 e. The molecule has 1 aromatic heterocycles. The van der Waals surface area contributed by atoms with Gasteiger partial charge in [0.05, 0.1) is 0 Å². The summed E-state index contributed by atoms with van der Waals surface area (Å²) in [5.41, 5.74) is 11.7. The van der Waals surface area contributed by atoms with Crippen molar-refractivity contribution in [2.75, 3.05) is 0 Å². The van der Waals surface area contributed by atoms with Crippen LogP contribution in [0.5, 0.6) is 0 Å². The summed E-state index contributed by atoms with van der Waals surface area (Å²) in [7, 11) is 0. The van der Waals surface area contributed by atoms with Gasteiger partial charge in [0.25, 0.3) is 0 Å². The second kappa shape index (κ2) is 6.17. The Hall–Kier alpha value is -1.12. The Bertz CT molecular complexity index is 488. The molecule has 2 rings (SSSR count). The number of aryl methyl sites for hydroxylation is 3. The fourth-order valence-electron chi connectivity index (χ4n) is 2.12. The van der Waals surface area contributed by atoms with Crippen molar-refractivity contribution in [1.82, 2.24) is 0 Å². The van der Waals surface area contributed by atoms with E-state index in [1.807, 2.05) is 0 Å². The van der Waals surface area contributed by atoms with Crippen LogP contribution in [-0.2, 0) is 12.8 Å². The number of hydrogen-bond acceptors (Lipinski definition) is 2. The van der Waals surface area contributed by atoms with Crippen LogP contribution in [0.4, 0.5) is 0 Å². The quantitative estimate of drug-likeness (QED) is 0.866. The van der Waals surface area contributed by atoms with Crippen molar-refractivity contribution in [3.63, 3.8) is 0 Å². The molecular weight excluding hydrogens is 238 g/mol. The minimum atomic E-state index is 0.256. The van der Waals surface area contributed by atoms with E-state index in [-0.39, 0.29) is 6.04 Å². The molecule has 1 heterocycles. The van der Waals surface area contributed by atoms with Gasteiger partial charge < -0.3 is 5.73 Å². The monoisotopic (exact) mass is 259 g/mol. The molecule has 0 aliphatic carbocycles. The highest BCUT2D eigenvalue weighted by atomic mass is 32.1. The molecule has 1 aromatic carbocycles. The molecule has 0 saturated heterocycles. The zero-order valence-electron chi connectivity index (χ0n) is 11.1. The molecule has 0 aliphatic heterocycles. The Balaban J connectivity index is 1.86. The standard InChI is InChI=1S/C16H21NS/c1-12-3-4-15(9-13(12)2)10-16(17)6-5-14-7-8-18-11-14/h3-4,7-9,11,16H,5-6,10,17H2,1-2H3. The van der Waals surface area contributed by atoms with Crippen molar-refractivity contribution in [2.45, 2.75) is 39.2 Å². The molecule has 1 atom stereocenters. The van der Waals surface area contributed by atoms with Crippen molar-refractivity contribution in [2.24, 2.45) is 5.73 Å². The van der Waals surface area contributed by atoms with Gasteiger partial charge in [0.15, 0.2) is 0 Å². The summed E-state index contributed by atoms with van der Waals surface area (Å²) in [5, 5.41) is 4.34. The van der Waals surface area contributed by atoms with E-state index in [0.29, 0.717) is 0 Å². The second-order valence-corrected chi connectivity index (χ2v) is 5.83. The van der Waals surface area contributed by atoms with Crippen molar-refractivity contribution >= 4 is 11.3 Å². The Labute approximate surface area is 114 Å². The van der Waals surface area contributed by atoms with Crippen LogP contribution in [-0.4, -0.2) is 6.04 Å². The third-order valence-electron chi connectivity index (χ3n) is 3.45. The van der Waals surface area contributed by atoms with Gasteiger partial charge in [-0.1, -0.05) is 18.2 Å². The molecule has 2 heteroatoms. The first-order valence-electron chi connectivity index (χ1n) is 6.48. The van der Waals surface area contributed by atoms with Gasteiger partial charge in [-0.15, -0.1) is 0 Å². The Morgan fingerprint density at radius 3 is 2.61 bits per heavy atom. The first kappa shape index (κ1) is 13.3. The molecule has 96 valence electrons. The van der Waals surface area contributed by atoms with E-state index in [1.54, 1.807) is 11.3 Å². The number of thiophene rings is 1. The van der Waals surface area contributed by atoms with Crippen LogP contribution in [0.2, 0.25) is 0 Å². The van der Waals surface area contributed by atoms with E-state index < -0.39 is 0 Å². The summed E-state index contributed by atoms with van der Waals surface area (Å²) in [6.07, 6.45) is 3.13. The fraction of sp³-hybridized carbons (Fsp3) is 0.375. The van der Waals surface area contributed by atoms with Crippen LogP contribution in [0.3, 0.4) is 0 Å². The van der Waals surface area contributed by atoms with Gasteiger partial charge in [-0.3, -0.25) is 0 Å². The first-order valence-corrected chi connectivity index (χ1v) is 7.42. The molecule has 0 aliphatic rings. The first-order chi connectivity index (χ1) is 8.65. The van der Waals surface area contributed by atoms with E-state index >= 15 is 0 Å². The lowest BCUT2D eigenvalue weighted by Gasteiger charge is -2.12. The SMILES string of the molecule is Cc1ccc(CC(N)CCc2ccsc2)cc1C. The van der Waals surface area contributed by atoms with Gasteiger partial charge in [-0.05, 0) is 72.2 Å².